The van der Waals surface area contributed by atoms with E-state index in [4.69, 9.17) is 9.84 Å². The van der Waals surface area contributed by atoms with Crippen LogP contribution in [-0.4, -0.2) is 29.0 Å². The maximum Gasteiger partial charge on any atom is 0.0703 e. The second-order valence-electron chi connectivity index (χ2n) is 6.59. The highest BCUT2D eigenvalue weighted by molar-refractivity contribution is 5.27. The molecule has 1 aromatic rings. The van der Waals surface area contributed by atoms with Gasteiger partial charge in [0, 0.05) is 24.4 Å². The van der Waals surface area contributed by atoms with Crippen molar-refractivity contribution in [3.05, 3.63) is 17.0 Å². The predicted octanol–water partition coefficient (Wildman–Crippen LogP) is 3.00. The van der Waals surface area contributed by atoms with Gasteiger partial charge in [0.25, 0.3) is 0 Å². The minimum Gasteiger partial charge on any atom is -0.375 e. The van der Waals surface area contributed by atoms with Gasteiger partial charge >= 0.3 is 0 Å². The number of nitrogens with one attached hydrogen (secondary N) is 1. The van der Waals surface area contributed by atoms with Crippen LogP contribution in [0.3, 0.4) is 0 Å². The lowest BCUT2D eigenvalue weighted by atomic mass is 9.74. The average Bonchev–Trinajstić information content (AvgIpc) is 2.84. The molecule has 3 rings (SSSR count). The molecule has 1 saturated heterocycles. The first kappa shape index (κ1) is 15.0. The molecule has 118 valence electrons. The topological polar surface area (TPSA) is 39.1 Å². The van der Waals surface area contributed by atoms with Crippen molar-refractivity contribution in [1.29, 1.82) is 0 Å². The van der Waals surface area contributed by atoms with Crippen LogP contribution in [0.15, 0.2) is 0 Å². The second-order valence-corrected chi connectivity index (χ2v) is 6.59. The third-order valence-corrected chi connectivity index (χ3v) is 5.30. The highest BCUT2D eigenvalue weighted by Crippen LogP contribution is 2.46. The van der Waals surface area contributed by atoms with Gasteiger partial charge in [0.2, 0.25) is 0 Å². The Labute approximate surface area is 128 Å². The van der Waals surface area contributed by atoms with Crippen LogP contribution in [0.25, 0.3) is 0 Å². The van der Waals surface area contributed by atoms with Crippen molar-refractivity contribution < 1.29 is 4.74 Å². The SMILES string of the molecule is CCc1nn(C2CCOC3(CCC3)C2)c(CC)c1CNC. The van der Waals surface area contributed by atoms with Crippen molar-refractivity contribution >= 4 is 0 Å². The zero-order chi connectivity index (χ0) is 14.9. The van der Waals surface area contributed by atoms with E-state index in [1.807, 2.05) is 7.05 Å². The molecule has 2 heterocycles. The molecule has 2 aliphatic rings. The van der Waals surface area contributed by atoms with Crippen molar-refractivity contribution in [1.82, 2.24) is 15.1 Å². The quantitative estimate of drug-likeness (QED) is 0.906. The van der Waals surface area contributed by atoms with Crippen LogP contribution in [0.1, 0.15) is 68.9 Å². The Kier molecular flexibility index (Phi) is 4.36. The van der Waals surface area contributed by atoms with E-state index in [2.05, 4.69) is 23.8 Å². The molecule has 21 heavy (non-hydrogen) atoms. The molecule has 0 radical (unpaired) electrons. The summed E-state index contributed by atoms with van der Waals surface area (Å²) in [6.45, 7) is 6.30. The molecular weight excluding hydrogens is 262 g/mol. The molecule has 1 spiro atoms. The van der Waals surface area contributed by atoms with E-state index in [0.717, 1.165) is 38.8 Å². The van der Waals surface area contributed by atoms with Gasteiger partial charge in [-0.25, -0.2) is 0 Å². The molecule has 0 amide bonds. The second kappa shape index (κ2) is 6.09. The summed E-state index contributed by atoms with van der Waals surface area (Å²) >= 11 is 0. The molecule has 0 aromatic carbocycles. The molecule has 1 aliphatic heterocycles. The molecule has 1 aromatic heterocycles. The van der Waals surface area contributed by atoms with Crippen LogP contribution < -0.4 is 5.32 Å². The number of hydrogen-bond donors (Lipinski definition) is 1. The first-order valence-electron chi connectivity index (χ1n) is 8.60. The van der Waals surface area contributed by atoms with Crippen molar-refractivity contribution in [2.75, 3.05) is 13.7 Å². The Balaban J connectivity index is 1.89. The van der Waals surface area contributed by atoms with E-state index in [1.165, 1.54) is 36.2 Å². The van der Waals surface area contributed by atoms with Crippen LogP contribution in [0, 0.1) is 0 Å². The fourth-order valence-electron chi connectivity index (χ4n) is 4.03. The molecule has 1 saturated carbocycles. The summed E-state index contributed by atoms with van der Waals surface area (Å²) in [5.41, 5.74) is 4.32. The van der Waals surface area contributed by atoms with Crippen molar-refractivity contribution in [3.8, 4) is 0 Å². The minimum absolute atomic E-state index is 0.190. The van der Waals surface area contributed by atoms with Crippen LogP contribution >= 0.6 is 0 Å². The van der Waals surface area contributed by atoms with Crippen LogP contribution in [0.5, 0.6) is 0 Å². The molecule has 0 bridgehead atoms. The summed E-state index contributed by atoms with van der Waals surface area (Å²) in [6.07, 6.45) is 8.17. The number of nitrogens with zero attached hydrogens (tertiary/aromatic N) is 2. The maximum atomic E-state index is 6.08. The molecular formula is C17H29N3O. The van der Waals surface area contributed by atoms with E-state index in [-0.39, 0.29) is 5.60 Å². The zero-order valence-corrected chi connectivity index (χ0v) is 13.7. The molecule has 1 unspecified atom stereocenters. The van der Waals surface area contributed by atoms with E-state index in [9.17, 15) is 0 Å². The smallest absolute Gasteiger partial charge is 0.0703 e. The molecule has 4 heteroatoms. The highest BCUT2D eigenvalue weighted by atomic mass is 16.5. The number of ether oxygens (including phenoxy) is 1. The van der Waals surface area contributed by atoms with E-state index in [1.54, 1.807) is 0 Å². The van der Waals surface area contributed by atoms with Gasteiger partial charge in [0.1, 0.15) is 0 Å². The summed E-state index contributed by atoms with van der Waals surface area (Å²) in [4.78, 5) is 0. The van der Waals surface area contributed by atoms with Crippen molar-refractivity contribution in [3.63, 3.8) is 0 Å². The Bertz CT molecular complexity index is 490. The fourth-order valence-corrected chi connectivity index (χ4v) is 4.03. The van der Waals surface area contributed by atoms with Gasteiger partial charge in [-0.2, -0.15) is 5.10 Å². The number of rotatable bonds is 5. The first-order chi connectivity index (χ1) is 10.2. The monoisotopic (exact) mass is 291 g/mol. The summed E-state index contributed by atoms with van der Waals surface area (Å²) in [7, 11) is 2.02. The lowest BCUT2D eigenvalue weighted by Crippen LogP contribution is -2.46. The van der Waals surface area contributed by atoms with E-state index >= 15 is 0 Å². The summed E-state index contributed by atoms with van der Waals surface area (Å²) in [6, 6.07) is 0.532. The lowest BCUT2D eigenvalue weighted by molar-refractivity contribution is -0.141. The minimum atomic E-state index is 0.190. The van der Waals surface area contributed by atoms with Crippen LogP contribution in [0.4, 0.5) is 0 Å². The molecule has 2 fully saturated rings. The van der Waals surface area contributed by atoms with Crippen LogP contribution in [0.2, 0.25) is 0 Å². The van der Waals surface area contributed by atoms with Gasteiger partial charge in [-0.15, -0.1) is 0 Å². The lowest BCUT2D eigenvalue weighted by Gasteiger charge is -2.47. The van der Waals surface area contributed by atoms with Gasteiger partial charge in [-0.05, 0) is 52.0 Å². The number of aromatic nitrogens is 2. The molecule has 4 nitrogen and oxygen atoms in total. The van der Waals surface area contributed by atoms with Crippen molar-refractivity contribution in [2.24, 2.45) is 0 Å². The zero-order valence-electron chi connectivity index (χ0n) is 13.7. The van der Waals surface area contributed by atoms with Crippen molar-refractivity contribution in [2.45, 2.75) is 77.0 Å². The Morgan fingerprint density at radius 1 is 1.33 bits per heavy atom. The molecule has 1 atom stereocenters. The Morgan fingerprint density at radius 3 is 2.71 bits per heavy atom. The maximum absolute atomic E-state index is 6.08. The van der Waals surface area contributed by atoms with E-state index in [0.29, 0.717) is 6.04 Å². The van der Waals surface area contributed by atoms with E-state index < -0.39 is 0 Å². The van der Waals surface area contributed by atoms with Gasteiger partial charge in [-0.1, -0.05) is 13.8 Å². The van der Waals surface area contributed by atoms with Crippen LogP contribution in [-0.2, 0) is 24.1 Å². The third-order valence-electron chi connectivity index (χ3n) is 5.30. The fraction of sp³-hybridized carbons (Fsp3) is 0.824. The van der Waals surface area contributed by atoms with Gasteiger partial charge < -0.3 is 10.1 Å². The average molecular weight is 291 g/mol. The van der Waals surface area contributed by atoms with Gasteiger partial charge in [0.05, 0.1) is 17.3 Å². The third kappa shape index (κ3) is 2.64. The highest BCUT2D eigenvalue weighted by Gasteiger charge is 2.43. The molecule has 1 N–H and O–H groups in total. The Hall–Kier alpha value is -0.870. The Morgan fingerprint density at radius 2 is 2.14 bits per heavy atom. The summed E-state index contributed by atoms with van der Waals surface area (Å²) < 4.78 is 8.44. The normalized spacial score (nSPS) is 24.2. The van der Waals surface area contributed by atoms with Gasteiger partial charge in [0.15, 0.2) is 0 Å². The predicted molar refractivity (Wildman–Crippen MR) is 84.6 cm³/mol. The number of aryl methyl sites for hydroxylation is 1. The molecule has 1 aliphatic carbocycles. The summed E-state index contributed by atoms with van der Waals surface area (Å²) in [5.74, 6) is 0. The van der Waals surface area contributed by atoms with Gasteiger partial charge in [-0.3, -0.25) is 4.68 Å². The standard InChI is InChI=1S/C17H29N3O/c1-4-15-14(12-18-3)16(5-2)20(19-15)13-7-10-21-17(11-13)8-6-9-17/h13,18H,4-12H2,1-3H3. The first-order valence-corrected chi connectivity index (χ1v) is 8.60. The largest absolute Gasteiger partial charge is 0.375 e. The summed E-state index contributed by atoms with van der Waals surface area (Å²) in [5, 5.41) is 8.30. The number of hydrogen-bond acceptors (Lipinski definition) is 3.